The van der Waals surface area contributed by atoms with Gasteiger partial charge in [0, 0.05) is 13.1 Å². The molecule has 0 unspecified atom stereocenters. The van der Waals surface area contributed by atoms with Crippen LogP contribution in [-0.2, 0) is 9.53 Å². The van der Waals surface area contributed by atoms with Crippen LogP contribution in [0.1, 0.15) is 26.2 Å². The molecule has 18 heavy (non-hydrogen) atoms. The number of hydrogen-bond acceptors (Lipinski definition) is 4. The van der Waals surface area contributed by atoms with E-state index in [0.29, 0.717) is 0 Å². The normalized spacial score (nSPS) is 24.1. The van der Waals surface area contributed by atoms with E-state index in [-0.39, 0.29) is 12.2 Å². The first-order chi connectivity index (χ1) is 8.57. The smallest absolute Gasteiger partial charge is 0.329 e. The maximum absolute atomic E-state index is 10.4. The number of carbonyl (C=O) groups is 1. The minimum Gasteiger partial charge on any atom is -0.480 e. The van der Waals surface area contributed by atoms with Crippen LogP contribution in [0.15, 0.2) is 0 Å². The lowest BCUT2D eigenvalue weighted by atomic mass is 9.96. The molecule has 0 aromatic carbocycles. The van der Waals surface area contributed by atoms with Crippen molar-refractivity contribution in [2.45, 2.75) is 31.8 Å². The van der Waals surface area contributed by atoms with Gasteiger partial charge in [0.1, 0.15) is 6.61 Å². The summed E-state index contributed by atoms with van der Waals surface area (Å²) in [5, 5.41) is 8.58. The second-order valence-corrected chi connectivity index (χ2v) is 5.75. The molecule has 0 spiro atoms. The number of ether oxygens (including phenoxy) is 1. The van der Waals surface area contributed by atoms with Gasteiger partial charge in [-0.1, -0.05) is 0 Å². The summed E-state index contributed by atoms with van der Waals surface area (Å²) in [6.07, 6.45) is 3.91. The lowest BCUT2D eigenvalue weighted by Gasteiger charge is -2.47. The van der Waals surface area contributed by atoms with Crippen molar-refractivity contribution >= 4 is 5.97 Å². The average Bonchev–Trinajstić information content (AvgIpc) is 2.77. The van der Waals surface area contributed by atoms with Gasteiger partial charge in [-0.05, 0) is 52.4 Å². The standard InChI is InChI=1S/C13H24N2O3/c1-13(18-9-12(16)17)10-15(11-13)8-4-7-14-5-2-3-6-14/h2-11H2,1H3,(H,16,17). The number of rotatable bonds is 7. The molecule has 0 aromatic rings. The summed E-state index contributed by atoms with van der Waals surface area (Å²) in [4.78, 5) is 15.3. The molecule has 5 nitrogen and oxygen atoms in total. The van der Waals surface area contributed by atoms with Gasteiger partial charge < -0.3 is 14.7 Å². The van der Waals surface area contributed by atoms with Crippen molar-refractivity contribution in [1.82, 2.24) is 9.80 Å². The second-order valence-electron chi connectivity index (χ2n) is 5.75. The number of aliphatic carboxylic acids is 1. The Bertz CT molecular complexity index is 284. The summed E-state index contributed by atoms with van der Waals surface area (Å²) in [6, 6.07) is 0. The van der Waals surface area contributed by atoms with Gasteiger partial charge in [-0.3, -0.25) is 4.90 Å². The third-order valence-corrected chi connectivity index (χ3v) is 3.81. The maximum atomic E-state index is 10.4. The summed E-state index contributed by atoms with van der Waals surface area (Å²) in [5.41, 5.74) is -0.244. The van der Waals surface area contributed by atoms with Crippen LogP contribution in [0.4, 0.5) is 0 Å². The van der Waals surface area contributed by atoms with Gasteiger partial charge in [0.2, 0.25) is 0 Å². The molecule has 0 aromatic heterocycles. The average molecular weight is 256 g/mol. The largest absolute Gasteiger partial charge is 0.480 e. The van der Waals surface area contributed by atoms with E-state index in [1.165, 1.54) is 38.9 Å². The Hall–Kier alpha value is -0.650. The fourth-order valence-electron chi connectivity index (χ4n) is 2.91. The predicted octanol–water partition coefficient (Wildman–Crippen LogP) is 0.648. The first-order valence-corrected chi connectivity index (χ1v) is 6.88. The van der Waals surface area contributed by atoms with Gasteiger partial charge >= 0.3 is 5.97 Å². The summed E-state index contributed by atoms with van der Waals surface area (Å²) >= 11 is 0. The van der Waals surface area contributed by atoms with Crippen molar-refractivity contribution < 1.29 is 14.6 Å². The predicted molar refractivity (Wildman–Crippen MR) is 68.7 cm³/mol. The van der Waals surface area contributed by atoms with E-state index in [2.05, 4.69) is 9.80 Å². The van der Waals surface area contributed by atoms with Crippen LogP contribution < -0.4 is 0 Å². The van der Waals surface area contributed by atoms with Crippen LogP contribution in [0.2, 0.25) is 0 Å². The molecule has 2 fully saturated rings. The number of carboxylic acid groups (broad SMARTS) is 1. The summed E-state index contributed by atoms with van der Waals surface area (Å²) in [6.45, 7) is 8.36. The van der Waals surface area contributed by atoms with E-state index in [1.54, 1.807) is 0 Å². The summed E-state index contributed by atoms with van der Waals surface area (Å²) < 4.78 is 5.39. The molecule has 0 bridgehead atoms. The van der Waals surface area contributed by atoms with E-state index in [9.17, 15) is 4.79 Å². The highest BCUT2D eigenvalue weighted by atomic mass is 16.5. The van der Waals surface area contributed by atoms with Crippen LogP contribution >= 0.6 is 0 Å². The zero-order valence-corrected chi connectivity index (χ0v) is 11.2. The van der Waals surface area contributed by atoms with Gasteiger partial charge in [0.05, 0.1) is 5.60 Å². The molecule has 1 N–H and O–H groups in total. The molecule has 2 rings (SSSR count). The lowest BCUT2D eigenvalue weighted by molar-refractivity contribution is -0.164. The topological polar surface area (TPSA) is 53.0 Å². The van der Waals surface area contributed by atoms with Crippen LogP contribution in [0.5, 0.6) is 0 Å². The van der Waals surface area contributed by atoms with Gasteiger partial charge in [-0.25, -0.2) is 4.79 Å². The molecule has 0 atom stereocenters. The van der Waals surface area contributed by atoms with Crippen molar-refractivity contribution in [3.63, 3.8) is 0 Å². The first-order valence-electron chi connectivity index (χ1n) is 6.88. The second kappa shape index (κ2) is 5.99. The van der Waals surface area contributed by atoms with Gasteiger partial charge in [-0.15, -0.1) is 0 Å². The molecule has 0 amide bonds. The molecule has 104 valence electrons. The molecule has 0 aliphatic carbocycles. The molecule has 0 radical (unpaired) electrons. The number of carboxylic acids is 1. The Morgan fingerprint density at radius 3 is 2.44 bits per heavy atom. The van der Waals surface area contributed by atoms with Crippen LogP contribution in [0, 0.1) is 0 Å². The maximum Gasteiger partial charge on any atom is 0.329 e. The highest BCUT2D eigenvalue weighted by Crippen LogP contribution is 2.24. The molecule has 2 saturated heterocycles. The van der Waals surface area contributed by atoms with E-state index >= 15 is 0 Å². The van der Waals surface area contributed by atoms with E-state index < -0.39 is 5.97 Å². The fourth-order valence-corrected chi connectivity index (χ4v) is 2.91. The van der Waals surface area contributed by atoms with Crippen LogP contribution in [0.3, 0.4) is 0 Å². The SMILES string of the molecule is CC1(OCC(=O)O)CN(CCCN2CCCC2)C1. The van der Waals surface area contributed by atoms with Crippen molar-refractivity contribution in [2.75, 3.05) is 45.9 Å². The Morgan fingerprint density at radius 1 is 1.22 bits per heavy atom. The third kappa shape index (κ3) is 3.93. The summed E-state index contributed by atoms with van der Waals surface area (Å²) in [7, 11) is 0. The molecule has 2 heterocycles. The van der Waals surface area contributed by atoms with E-state index in [0.717, 1.165) is 19.6 Å². The Kier molecular flexibility index (Phi) is 4.59. The fraction of sp³-hybridized carbons (Fsp3) is 0.923. The molecule has 0 saturated carbocycles. The molecule has 2 aliphatic rings. The van der Waals surface area contributed by atoms with Gasteiger partial charge in [-0.2, -0.15) is 0 Å². The quantitative estimate of drug-likeness (QED) is 0.725. The summed E-state index contributed by atoms with van der Waals surface area (Å²) in [5.74, 6) is -0.885. The molecule has 2 aliphatic heterocycles. The van der Waals surface area contributed by atoms with E-state index in [1.807, 2.05) is 6.92 Å². The van der Waals surface area contributed by atoms with Crippen LogP contribution in [0.25, 0.3) is 0 Å². The number of nitrogens with zero attached hydrogens (tertiary/aromatic N) is 2. The zero-order chi connectivity index (χ0) is 13.0. The zero-order valence-electron chi connectivity index (χ0n) is 11.2. The third-order valence-electron chi connectivity index (χ3n) is 3.81. The van der Waals surface area contributed by atoms with Crippen molar-refractivity contribution in [1.29, 1.82) is 0 Å². The highest BCUT2D eigenvalue weighted by Gasteiger charge is 2.39. The Labute approximate surface area is 109 Å². The minimum absolute atomic E-state index is 0.182. The van der Waals surface area contributed by atoms with Crippen molar-refractivity contribution in [3.05, 3.63) is 0 Å². The lowest BCUT2D eigenvalue weighted by Crippen LogP contribution is -2.61. The number of hydrogen-bond donors (Lipinski definition) is 1. The van der Waals surface area contributed by atoms with E-state index in [4.69, 9.17) is 9.84 Å². The monoisotopic (exact) mass is 256 g/mol. The number of likely N-dealkylation sites (tertiary alicyclic amines) is 2. The highest BCUT2D eigenvalue weighted by molar-refractivity contribution is 5.68. The van der Waals surface area contributed by atoms with Crippen molar-refractivity contribution in [2.24, 2.45) is 0 Å². The molecule has 5 heteroatoms. The first kappa shape index (κ1) is 13.8. The van der Waals surface area contributed by atoms with Crippen molar-refractivity contribution in [3.8, 4) is 0 Å². The molecular weight excluding hydrogens is 232 g/mol. The minimum atomic E-state index is -0.885. The van der Waals surface area contributed by atoms with Gasteiger partial charge in [0.25, 0.3) is 0 Å². The Morgan fingerprint density at radius 2 is 1.83 bits per heavy atom. The van der Waals surface area contributed by atoms with Gasteiger partial charge in [0.15, 0.2) is 0 Å². The Balaban J connectivity index is 1.53. The molecular formula is C13H24N2O3. The van der Waals surface area contributed by atoms with Crippen LogP contribution in [-0.4, -0.2) is 72.4 Å².